The number of carbonyl (C=O) groups excluding carboxylic acids is 1. The molecule has 0 unspecified atom stereocenters. The molecule has 3 aromatic rings. The molecule has 0 radical (unpaired) electrons. The molecule has 10 nitrogen and oxygen atoms in total. The zero-order valence-electron chi connectivity index (χ0n) is 18.6. The van der Waals surface area contributed by atoms with Crippen LogP contribution in [0.25, 0.3) is 16.1 Å². The molecule has 0 spiro atoms. The first-order valence-corrected chi connectivity index (χ1v) is 12.9. The van der Waals surface area contributed by atoms with Crippen molar-refractivity contribution in [2.75, 3.05) is 29.6 Å². The Hall–Kier alpha value is -3.82. The number of hydrazine groups is 1. The third-order valence-corrected chi connectivity index (χ3v) is 5.88. The molecule has 0 saturated carbocycles. The topological polar surface area (TPSA) is 126 Å². The van der Waals surface area contributed by atoms with Gasteiger partial charge in [-0.3, -0.25) is 10.1 Å². The number of aromatic nitrogens is 1. The van der Waals surface area contributed by atoms with Crippen LogP contribution in [-0.2, 0) is 10.0 Å². The van der Waals surface area contributed by atoms with E-state index >= 15 is 0 Å². The smallest absolute Gasteiger partial charge is 0.333 e. The predicted octanol–water partition coefficient (Wildman–Crippen LogP) is 4.14. The lowest BCUT2D eigenvalue weighted by atomic mass is 10.1. The second kappa shape index (κ2) is 11.4. The number of sulfonamides is 1. The Bertz CT molecular complexity index is 1280. The number of urea groups is 1. The maximum atomic E-state index is 12.0. The van der Waals surface area contributed by atoms with Gasteiger partial charge in [-0.05, 0) is 42.7 Å². The van der Waals surface area contributed by atoms with Crippen LogP contribution >= 0.6 is 11.3 Å². The summed E-state index contributed by atoms with van der Waals surface area (Å²) in [7, 11) is -3.38. The highest BCUT2D eigenvalue weighted by Crippen LogP contribution is 2.38. The first kappa shape index (κ1) is 24.8. The van der Waals surface area contributed by atoms with Crippen molar-refractivity contribution in [2.24, 2.45) is 0 Å². The largest absolute Gasteiger partial charge is 0.493 e. The molecule has 0 atom stereocenters. The normalized spacial score (nSPS) is 10.7. The van der Waals surface area contributed by atoms with Crippen LogP contribution in [0.2, 0.25) is 0 Å². The third kappa shape index (κ3) is 7.36. The minimum absolute atomic E-state index is 0.335. The fourth-order valence-electron chi connectivity index (χ4n) is 2.87. The first-order valence-electron chi connectivity index (χ1n) is 10.2. The maximum absolute atomic E-state index is 12.0. The second-order valence-electron chi connectivity index (χ2n) is 7.21. The quantitative estimate of drug-likeness (QED) is 0.188. The van der Waals surface area contributed by atoms with E-state index in [9.17, 15) is 13.2 Å². The number of nitrogens with zero attached hydrogens (tertiary/aromatic N) is 2. The van der Waals surface area contributed by atoms with Gasteiger partial charge in [0.1, 0.15) is 5.75 Å². The standard InChI is InChI=1S/C22H24N6O4S2/c1-15-7-4-5-8-18(15)32-14-6-13-24-21(29)26-27-22-25-19(20(23-2)33-22)16-9-11-17(12-10-16)28-34(3,30)31/h4-5,7-12,28H,6,13-14H2,1,3H3,(H,25,27)(H2,24,26,29). The van der Waals surface area contributed by atoms with Crippen molar-refractivity contribution in [3.8, 4) is 17.0 Å². The second-order valence-corrected chi connectivity index (χ2v) is 9.94. The molecule has 1 aromatic heterocycles. The number of hydrogen-bond acceptors (Lipinski definition) is 7. The van der Waals surface area contributed by atoms with Crippen LogP contribution in [-0.4, -0.2) is 38.8 Å². The summed E-state index contributed by atoms with van der Waals surface area (Å²) >= 11 is 1.09. The van der Waals surface area contributed by atoms with Crippen LogP contribution < -0.4 is 25.6 Å². The number of benzene rings is 2. The molecule has 0 fully saturated rings. The molecular formula is C22H24N6O4S2. The van der Waals surface area contributed by atoms with Crippen molar-refractivity contribution in [1.82, 2.24) is 15.7 Å². The number of nitrogens with one attached hydrogen (secondary N) is 4. The van der Waals surface area contributed by atoms with Crippen molar-refractivity contribution < 1.29 is 17.9 Å². The zero-order chi connectivity index (χ0) is 24.6. The van der Waals surface area contributed by atoms with E-state index in [1.807, 2.05) is 31.2 Å². The third-order valence-electron chi connectivity index (χ3n) is 4.41. The van der Waals surface area contributed by atoms with Crippen molar-refractivity contribution >= 4 is 43.2 Å². The number of anilines is 2. The van der Waals surface area contributed by atoms with Crippen molar-refractivity contribution in [3.63, 3.8) is 0 Å². The molecule has 12 heteroatoms. The number of para-hydroxylation sites is 1. The van der Waals surface area contributed by atoms with E-state index < -0.39 is 16.1 Å². The van der Waals surface area contributed by atoms with Crippen LogP contribution in [0, 0.1) is 13.5 Å². The van der Waals surface area contributed by atoms with Crippen molar-refractivity contribution in [2.45, 2.75) is 13.3 Å². The highest BCUT2D eigenvalue weighted by Gasteiger charge is 2.14. The SMILES string of the molecule is [C-]#[N+]c1sc(NNC(=O)NCCCOc2ccccc2C)nc1-c1ccc(NS(C)(=O)=O)cc1. The lowest BCUT2D eigenvalue weighted by molar-refractivity contribution is 0.241. The Labute approximate surface area is 202 Å². The van der Waals surface area contributed by atoms with E-state index in [-0.39, 0.29) is 0 Å². The number of rotatable bonds is 10. The Kier molecular flexibility index (Phi) is 8.29. The van der Waals surface area contributed by atoms with Crippen molar-refractivity contribution in [1.29, 1.82) is 0 Å². The number of ether oxygens (including phenoxy) is 1. The van der Waals surface area contributed by atoms with E-state index in [2.05, 4.69) is 30.7 Å². The van der Waals surface area contributed by atoms with Crippen molar-refractivity contribution in [3.05, 3.63) is 65.5 Å². The lowest BCUT2D eigenvalue weighted by Gasteiger charge is -2.10. The molecule has 0 saturated heterocycles. The predicted molar refractivity (Wildman–Crippen MR) is 134 cm³/mol. The molecule has 0 bridgehead atoms. The minimum atomic E-state index is -3.38. The Morgan fingerprint density at radius 1 is 1.18 bits per heavy atom. The molecular weight excluding hydrogens is 476 g/mol. The molecule has 2 amide bonds. The molecule has 0 aliphatic carbocycles. The molecule has 0 aliphatic heterocycles. The van der Waals surface area contributed by atoms with Gasteiger partial charge in [-0.15, -0.1) is 11.3 Å². The average Bonchev–Trinajstić information content (AvgIpc) is 3.21. The molecule has 0 aliphatic rings. The van der Waals surface area contributed by atoms with Gasteiger partial charge in [0.05, 0.1) is 25.1 Å². The van der Waals surface area contributed by atoms with Gasteiger partial charge in [0.25, 0.3) is 5.00 Å². The van der Waals surface area contributed by atoms with E-state index in [0.717, 1.165) is 28.9 Å². The Balaban J connectivity index is 1.47. The fraction of sp³-hybridized carbons (Fsp3) is 0.227. The van der Waals surface area contributed by atoms with Gasteiger partial charge in [0.15, 0.2) is 5.13 Å². The van der Waals surface area contributed by atoms with E-state index in [1.165, 1.54) is 0 Å². The summed E-state index contributed by atoms with van der Waals surface area (Å²) in [4.78, 5) is 19.9. The summed E-state index contributed by atoms with van der Waals surface area (Å²) in [5.74, 6) is 0.824. The van der Waals surface area contributed by atoms with Crippen LogP contribution in [0.4, 0.5) is 20.6 Å². The van der Waals surface area contributed by atoms with Crippen LogP contribution in [0.5, 0.6) is 5.75 Å². The molecule has 1 heterocycles. The van der Waals surface area contributed by atoms with Crippen LogP contribution in [0.15, 0.2) is 48.5 Å². The molecule has 2 aromatic carbocycles. The van der Waals surface area contributed by atoms with Crippen LogP contribution in [0.1, 0.15) is 12.0 Å². The highest BCUT2D eigenvalue weighted by molar-refractivity contribution is 7.92. The van der Waals surface area contributed by atoms with Gasteiger partial charge in [-0.1, -0.05) is 30.3 Å². The minimum Gasteiger partial charge on any atom is -0.493 e. The van der Waals surface area contributed by atoms with Gasteiger partial charge < -0.3 is 10.1 Å². The van der Waals surface area contributed by atoms with Gasteiger partial charge >= 0.3 is 6.03 Å². The summed E-state index contributed by atoms with van der Waals surface area (Å²) in [6.07, 6.45) is 1.70. The molecule has 4 N–H and O–H groups in total. The highest BCUT2D eigenvalue weighted by atomic mass is 32.2. The number of hydrogen-bond donors (Lipinski definition) is 4. The van der Waals surface area contributed by atoms with Gasteiger partial charge in [0, 0.05) is 12.2 Å². The van der Waals surface area contributed by atoms with Gasteiger partial charge in [0.2, 0.25) is 10.0 Å². The lowest BCUT2D eigenvalue weighted by Crippen LogP contribution is -2.39. The van der Waals surface area contributed by atoms with Crippen LogP contribution in [0.3, 0.4) is 0 Å². The van der Waals surface area contributed by atoms with Gasteiger partial charge in [-0.2, -0.15) is 0 Å². The number of amides is 2. The summed E-state index contributed by atoms with van der Waals surface area (Å²) in [6.45, 7) is 10.3. The number of carbonyl (C=O) groups is 1. The first-order chi connectivity index (χ1) is 16.2. The molecule has 34 heavy (non-hydrogen) atoms. The van der Waals surface area contributed by atoms with E-state index in [0.29, 0.717) is 46.6 Å². The zero-order valence-corrected chi connectivity index (χ0v) is 20.2. The summed E-state index contributed by atoms with van der Waals surface area (Å²) in [5.41, 5.74) is 7.75. The van der Waals surface area contributed by atoms with Gasteiger partial charge in [-0.25, -0.2) is 28.5 Å². The monoisotopic (exact) mass is 500 g/mol. The van der Waals surface area contributed by atoms with E-state index in [4.69, 9.17) is 11.3 Å². The Morgan fingerprint density at radius 3 is 2.59 bits per heavy atom. The maximum Gasteiger partial charge on any atom is 0.333 e. The number of thiazole rings is 1. The summed E-state index contributed by atoms with van der Waals surface area (Å²) in [5, 5.41) is 3.39. The molecule has 3 rings (SSSR count). The fourth-order valence-corrected chi connectivity index (χ4v) is 4.16. The van der Waals surface area contributed by atoms with E-state index in [1.54, 1.807) is 24.3 Å². The number of aryl methyl sites for hydroxylation is 1. The Morgan fingerprint density at radius 2 is 1.91 bits per heavy atom. The molecule has 178 valence electrons. The summed E-state index contributed by atoms with van der Waals surface area (Å²) < 4.78 is 30.8. The average molecular weight is 501 g/mol. The summed E-state index contributed by atoms with van der Waals surface area (Å²) in [6, 6.07) is 13.8.